The molecule has 4 heteroatoms. The van der Waals surface area contributed by atoms with Crippen LogP contribution in [0.5, 0.6) is 0 Å². The Bertz CT molecular complexity index is 247. The molecule has 0 radical (unpaired) electrons. The maximum Gasteiger partial charge on any atom is 0.202 e. The van der Waals surface area contributed by atoms with Gasteiger partial charge in [-0.1, -0.05) is 0 Å². The van der Waals surface area contributed by atoms with Crippen molar-refractivity contribution in [1.82, 2.24) is 9.55 Å². The highest BCUT2D eigenvalue weighted by molar-refractivity contribution is 5.26. The molecule has 0 saturated heterocycles. The van der Waals surface area contributed by atoms with Gasteiger partial charge in [0.05, 0.1) is 0 Å². The van der Waals surface area contributed by atoms with Gasteiger partial charge in [-0.05, 0) is 20.3 Å². The molecule has 1 aromatic heterocycles. The Labute approximate surface area is 78.6 Å². The maximum atomic E-state index is 8.72. The molecule has 0 aliphatic rings. The van der Waals surface area contributed by atoms with E-state index in [1.807, 2.05) is 17.7 Å². The summed E-state index contributed by atoms with van der Waals surface area (Å²) in [6.45, 7) is 5.23. The summed E-state index contributed by atoms with van der Waals surface area (Å²) in [5.41, 5.74) is 0. The van der Waals surface area contributed by atoms with Gasteiger partial charge in [0.25, 0.3) is 0 Å². The van der Waals surface area contributed by atoms with E-state index in [4.69, 9.17) is 5.11 Å². The molecule has 74 valence electrons. The van der Waals surface area contributed by atoms with Crippen molar-refractivity contribution < 1.29 is 5.11 Å². The van der Waals surface area contributed by atoms with Crippen molar-refractivity contribution in [3.63, 3.8) is 0 Å². The Kier molecular flexibility index (Phi) is 3.76. The molecule has 0 spiro atoms. The average molecular weight is 183 g/mol. The summed E-state index contributed by atoms with van der Waals surface area (Å²) < 4.78 is 2.04. The van der Waals surface area contributed by atoms with E-state index in [2.05, 4.69) is 17.2 Å². The van der Waals surface area contributed by atoms with E-state index < -0.39 is 0 Å². The predicted octanol–water partition coefficient (Wildman–Crippen LogP) is 1.09. The Balaban J connectivity index is 2.52. The quantitative estimate of drug-likeness (QED) is 0.718. The third-order valence-corrected chi connectivity index (χ3v) is 1.99. The van der Waals surface area contributed by atoms with Crippen molar-refractivity contribution in [2.75, 3.05) is 11.9 Å². The molecule has 1 unspecified atom stereocenters. The topological polar surface area (TPSA) is 50.1 Å². The highest BCUT2D eigenvalue weighted by Gasteiger charge is 2.04. The van der Waals surface area contributed by atoms with Crippen LogP contribution in [0.15, 0.2) is 12.4 Å². The lowest BCUT2D eigenvalue weighted by molar-refractivity contribution is 0.282. The summed E-state index contributed by atoms with van der Waals surface area (Å²) in [5.74, 6) is 0.878. The smallest absolute Gasteiger partial charge is 0.202 e. The van der Waals surface area contributed by atoms with Gasteiger partial charge in [0.15, 0.2) is 0 Å². The molecule has 1 atom stereocenters. The maximum absolute atomic E-state index is 8.72. The molecule has 0 aliphatic heterocycles. The monoisotopic (exact) mass is 183 g/mol. The summed E-state index contributed by atoms with van der Waals surface area (Å²) in [7, 11) is 0. The molecular weight excluding hydrogens is 166 g/mol. The molecule has 4 nitrogen and oxygen atoms in total. The standard InChI is InChI=1S/C9H17N3O/c1-3-12-6-5-10-9(12)11-8(2)4-7-13/h5-6,8,13H,3-4,7H2,1-2H3,(H,10,11). The summed E-state index contributed by atoms with van der Waals surface area (Å²) >= 11 is 0. The number of hydrogen-bond acceptors (Lipinski definition) is 3. The molecule has 13 heavy (non-hydrogen) atoms. The molecule has 1 rings (SSSR count). The lowest BCUT2D eigenvalue weighted by Gasteiger charge is -2.13. The summed E-state index contributed by atoms with van der Waals surface area (Å²) in [6, 6.07) is 0.262. The number of aliphatic hydroxyl groups excluding tert-OH is 1. The number of rotatable bonds is 5. The molecule has 0 fully saturated rings. The van der Waals surface area contributed by atoms with Crippen molar-refractivity contribution in [2.24, 2.45) is 0 Å². The van der Waals surface area contributed by atoms with Crippen LogP contribution >= 0.6 is 0 Å². The lowest BCUT2D eigenvalue weighted by Crippen LogP contribution is -2.19. The van der Waals surface area contributed by atoms with E-state index in [1.54, 1.807) is 6.20 Å². The first-order valence-corrected chi connectivity index (χ1v) is 4.66. The Morgan fingerprint density at radius 3 is 3.08 bits per heavy atom. The van der Waals surface area contributed by atoms with Crippen LogP contribution in [0.2, 0.25) is 0 Å². The zero-order valence-corrected chi connectivity index (χ0v) is 8.20. The zero-order chi connectivity index (χ0) is 9.68. The van der Waals surface area contributed by atoms with Crippen LogP contribution < -0.4 is 5.32 Å². The van der Waals surface area contributed by atoms with E-state index in [0.29, 0.717) is 0 Å². The molecule has 2 N–H and O–H groups in total. The fourth-order valence-electron chi connectivity index (χ4n) is 1.19. The largest absolute Gasteiger partial charge is 0.396 e. The van der Waals surface area contributed by atoms with Gasteiger partial charge in [-0.2, -0.15) is 0 Å². The number of hydrogen-bond donors (Lipinski definition) is 2. The minimum atomic E-state index is 0.209. The first-order valence-electron chi connectivity index (χ1n) is 4.66. The second kappa shape index (κ2) is 4.87. The van der Waals surface area contributed by atoms with Crippen molar-refractivity contribution in [2.45, 2.75) is 32.9 Å². The Morgan fingerprint density at radius 2 is 2.46 bits per heavy atom. The molecule has 0 saturated carbocycles. The van der Waals surface area contributed by atoms with Crippen LogP contribution in [0.3, 0.4) is 0 Å². The molecule has 0 bridgehead atoms. The number of aliphatic hydroxyl groups is 1. The molecular formula is C9H17N3O. The number of anilines is 1. The highest BCUT2D eigenvalue weighted by atomic mass is 16.3. The van der Waals surface area contributed by atoms with Gasteiger partial charge in [-0.25, -0.2) is 4.98 Å². The molecule has 1 heterocycles. The van der Waals surface area contributed by atoms with Gasteiger partial charge in [0, 0.05) is 31.6 Å². The van der Waals surface area contributed by atoms with Gasteiger partial charge in [0.2, 0.25) is 5.95 Å². The fourth-order valence-corrected chi connectivity index (χ4v) is 1.19. The van der Waals surface area contributed by atoms with Gasteiger partial charge >= 0.3 is 0 Å². The van der Waals surface area contributed by atoms with Crippen molar-refractivity contribution in [1.29, 1.82) is 0 Å². The number of nitrogens with one attached hydrogen (secondary N) is 1. The number of nitrogens with zero attached hydrogens (tertiary/aromatic N) is 2. The molecule has 0 aliphatic carbocycles. The van der Waals surface area contributed by atoms with Crippen LogP contribution in [0, 0.1) is 0 Å². The van der Waals surface area contributed by atoms with Gasteiger partial charge in [-0.3, -0.25) is 0 Å². The van der Waals surface area contributed by atoms with Crippen molar-refractivity contribution in [3.8, 4) is 0 Å². The van der Waals surface area contributed by atoms with E-state index in [0.717, 1.165) is 18.9 Å². The van der Waals surface area contributed by atoms with Crippen LogP contribution in [0.25, 0.3) is 0 Å². The minimum Gasteiger partial charge on any atom is -0.396 e. The van der Waals surface area contributed by atoms with Crippen LogP contribution in [-0.2, 0) is 6.54 Å². The van der Waals surface area contributed by atoms with Gasteiger partial charge in [-0.15, -0.1) is 0 Å². The predicted molar refractivity (Wildman–Crippen MR) is 52.7 cm³/mol. The number of aryl methyl sites for hydroxylation is 1. The Hall–Kier alpha value is -1.03. The van der Waals surface area contributed by atoms with E-state index in [-0.39, 0.29) is 12.6 Å². The highest BCUT2D eigenvalue weighted by Crippen LogP contribution is 2.06. The third kappa shape index (κ3) is 2.73. The van der Waals surface area contributed by atoms with E-state index >= 15 is 0 Å². The van der Waals surface area contributed by atoms with Crippen molar-refractivity contribution >= 4 is 5.95 Å². The summed E-state index contributed by atoms with van der Waals surface area (Å²) in [4.78, 5) is 4.18. The van der Waals surface area contributed by atoms with Crippen LogP contribution in [0.1, 0.15) is 20.3 Å². The molecule has 1 aromatic rings. The van der Waals surface area contributed by atoms with Crippen LogP contribution in [0.4, 0.5) is 5.95 Å². The number of aromatic nitrogens is 2. The van der Waals surface area contributed by atoms with Gasteiger partial charge in [0.1, 0.15) is 0 Å². The lowest BCUT2D eigenvalue weighted by atomic mass is 10.2. The van der Waals surface area contributed by atoms with Crippen molar-refractivity contribution in [3.05, 3.63) is 12.4 Å². The Morgan fingerprint density at radius 1 is 1.69 bits per heavy atom. The number of imidazole rings is 1. The first-order chi connectivity index (χ1) is 6.27. The van der Waals surface area contributed by atoms with E-state index in [9.17, 15) is 0 Å². The summed E-state index contributed by atoms with van der Waals surface area (Å²) in [6.07, 6.45) is 4.46. The zero-order valence-electron chi connectivity index (χ0n) is 8.20. The normalized spacial score (nSPS) is 12.8. The molecule has 0 amide bonds. The SMILES string of the molecule is CCn1ccnc1NC(C)CCO. The fraction of sp³-hybridized carbons (Fsp3) is 0.667. The minimum absolute atomic E-state index is 0.209. The second-order valence-electron chi connectivity index (χ2n) is 3.09. The molecule has 0 aromatic carbocycles. The summed E-state index contributed by atoms with van der Waals surface area (Å²) in [5, 5.41) is 12.0. The average Bonchev–Trinajstić information content (AvgIpc) is 2.52. The van der Waals surface area contributed by atoms with Crippen LogP contribution in [-0.4, -0.2) is 27.3 Å². The van der Waals surface area contributed by atoms with E-state index in [1.165, 1.54) is 0 Å². The first kappa shape index (κ1) is 10.1. The van der Waals surface area contributed by atoms with Gasteiger partial charge < -0.3 is 15.0 Å². The second-order valence-corrected chi connectivity index (χ2v) is 3.09. The third-order valence-electron chi connectivity index (χ3n) is 1.99.